The summed E-state index contributed by atoms with van der Waals surface area (Å²) in [6, 6.07) is 1.99. The highest BCUT2D eigenvalue weighted by Gasteiger charge is 2.37. The third-order valence-electron chi connectivity index (χ3n) is 3.10. The number of halogens is 2. The van der Waals surface area contributed by atoms with Crippen molar-refractivity contribution in [3.05, 3.63) is 21.2 Å². The number of rotatable bonds is 2. The molecule has 0 amide bonds. The molecule has 2 unspecified atom stereocenters. The van der Waals surface area contributed by atoms with Gasteiger partial charge in [0.25, 0.3) is 0 Å². The van der Waals surface area contributed by atoms with E-state index in [0.29, 0.717) is 0 Å². The summed E-state index contributed by atoms with van der Waals surface area (Å²) in [5.41, 5.74) is -0.0383. The second-order valence-electron chi connectivity index (χ2n) is 4.29. The number of hydrogen-bond donors (Lipinski definition) is 1. The lowest BCUT2D eigenvalue weighted by molar-refractivity contribution is 0.105. The molecule has 1 N–H and O–H groups in total. The van der Waals surface area contributed by atoms with Crippen LogP contribution in [-0.2, 0) is 4.74 Å². The maximum Gasteiger partial charge on any atom is 0.140 e. The molecule has 0 aromatic carbocycles. The average molecular weight is 350 g/mol. The largest absolute Gasteiger partial charge is 0.376 e. The number of nitrogens with zero attached hydrogens (tertiary/aromatic N) is 1. The van der Waals surface area contributed by atoms with Crippen LogP contribution in [0.3, 0.4) is 0 Å². The van der Waals surface area contributed by atoms with Crippen molar-refractivity contribution in [2.24, 2.45) is 0 Å². The minimum Gasteiger partial charge on any atom is -0.376 e. The predicted octanol–water partition coefficient (Wildman–Crippen LogP) is 3.59. The van der Waals surface area contributed by atoms with E-state index in [1.165, 1.54) is 0 Å². The normalized spacial score (nSPS) is 29.4. The summed E-state index contributed by atoms with van der Waals surface area (Å²) >= 11 is 6.89. The Bertz CT molecular complexity index is 400. The quantitative estimate of drug-likeness (QED) is 0.885. The first-order valence-electron chi connectivity index (χ1n) is 5.22. The number of ether oxygens (including phenoxy) is 1. The topological polar surface area (TPSA) is 34.1 Å². The summed E-state index contributed by atoms with van der Waals surface area (Å²) < 4.78 is 7.51. The lowest BCUT2D eigenvalue weighted by Crippen LogP contribution is -2.41. The molecule has 0 saturated carbocycles. The van der Waals surface area contributed by atoms with Gasteiger partial charge >= 0.3 is 0 Å². The smallest absolute Gasteiger partial charge is 0.140 e. The van der Waals surface area contributed by atoms with Crippen LogP contribution in [0.25, 0.3) is 0 Å². The van der Waals surface area contributed by atoms with Gasteiger partial charge in [0, 0.05) is 17.3 Å². The van der Waals surface area contributed by atoms with Crippen LogP contribution in [0.1, 0.15) is 20.3 Å². The van der Waals surface area contributed by atoms with Crippen molar-refractivity contribution in [3.63, 3.8) is 0 Å². The standard InChI is InChI=1S/C11H14Br2N2O/c1-7-11(2,3-4-16-7)15-10-9(13)5-8(12)6-14-10/h5-7H,3-4H2,1-2H3,(H,14,15). The van der Waals surface area contributed by atoms with Gasteiger partial charge in [-0.15, -0.1) is 0 Å². The Morgan fingerprint density at radius 2 is 2.31 bits per heavy atom. The summed E-state index contributed by atoms with van der Waals surface area (Å²) in [4.78, 5) is 4.36. The van der Waals surface area contributed by atoms with Crippen molar-refractivity contribution in [3.8, 4) is 0 Å². The maximum absolute atomic E-state index is 5.59. The minimum absolute atomic E-state index is 0.0383. The molecule has 1 fully saturated rings. The van der Waals surface area contributed by atoms with Crippen molar-refractivity contribution in [1.82, 2.24) is 4.98 Å². The molecule has 5 heteroatoms. The Labute approximate surface area is 112 Å². The number of aromatic nitrogens is 1. The van der Waals surface area contributed by atoms with Gasteiger partial charge in [0.2, 0.25) is 0 Å². The fraction of sp³-hybridized carbons (Fsp3) is 0.545. The number of anilines is 1. The molecular formula is C11H14Br2N2O. The van der Waals surface area contributed by atoms with Gasteiger partial charge in [-0.05, 0) is 58.2 Å². The molecule has 2 atom stereocenters. The van der Waals surface area contributed by atoms with Gasteiger partial charge in [-0.25, -0.2) is 4.98 Å². The van der Waals surface area contributed by atoms with E-state index < -0.39 is 0 Å². The highest BCUT2D eigenvalue weighted by molar-refractivity contribution is 9.11. The van der Waals surface area contributed by atoms with Crippen molar-refractivity contribution >= 4 is 37.7 Å². The molecule has 1 aromatic heterocycles. The second kappa shape index (κ2) is 4.63. The van der Waals surface area contributed by atoms with Crippen LogP contribution in [0.2, 0.25) is 0 Å². The maximum atomic E-state index is 5.59. The van der Waals surface area contributed by atoms with Crippen LogP contribution in [0.15, 0.2) is 21.2 Å². The molecule has 0 aliphatic carbocycles. The molecule has 2 heterocycles. The monoisotopic (exact) mass is 348 g/mol. The first-order valence-corrected chi connectivity index (χ1v) is 6.81. The zero-order valence-electron chi connectivity index (χ0n) is 9.26. The van der Waals surface area contributed by atoms with E-state index in [1.807, 2.05) is 6.07 Å². The van der Waals surface area contributed by atoms with Crippen LogP contribution < -0.4 is 5.32 Å². The fourth-order valence-corrected chi connectivity index (χ4v) is 2.86. The van der Waals surface area contributed by atoms with E-state index in [4.69, 9.17) is 4.74 Å². The molecule has 1 aromatic rings. The van der Waals surface area contributed by atoms with Gasteiger partial charge in [0.05, 0.1) is 16.1 Å². The average Bonchev–Trinajstić information content (AvgIpc) is 2.52. The molecule has 88 valence electrons. The van der Waals surface area contributed by atoms with Gasteiger partial charge in [-0.1, -0.05) is 0 Å². The van der Waals surface area contributed by atoms with E-state index in [1.54, 1.807) is 6.20 Å². The van der Waals surface area contributed by atoms with Gasteiger partial charge in [0.1, 0.15) is 5.82 Å². The van der Waals surface area contributed by atoms with Crippen LogP contribution in [-0.4, -0.2) is 23.2 Å². The highest BCUT2D eigenvalue weighted by Crippen LogP contribution is 2.32. The third kappa shape index (κ3) is 2.41. The van der Waals surface area contributed by atoms with E-state index in [2.05, 4.69) is 56.0 Å². The summed E-state index contributed by atoms with van der Waals surface area (Å²) in [5.74, 6) is 0.864. The Balaban J connectivity index is 2.20. The minimum atomic E-state index is -0.0383. The molecule has 2 rings (SSSR count). The van der Waals surface area contributed by atoms with E-state index >= 15 is 0 Å². The zero-order valence-corrected chi connectivity index (χ0v) is 12.4. The van der Waals surface area contributed by atoms with Crippen molar-refractivity contribution < 1.29 is 4.74 Å². The molecule has 16 heavy (non-hydrogen) atoms. The van der Waals surface area contributed by atoms with Crippen LogP contribution in [0.4, 0.5) is 5.82 Å². The van der Waals surface area contributed by atoms with Gasteiger partial charge in [-0.3, -0.25) is 0 Å². The summed E-state index contributed by atoms with van der Waals surface area (Å²) in [6.07, 6.45) is 2.99. The van der Waals surface area contributed by atoms with Crippen molar-refractivity contribution in [2.75, 3.05) is 11.9 Å². The molecule has 0 spiro atoms. The zero-order chi connectivity index (χ0) is 11.8. The van der Waals surface area contributed by atoms with Gasteiger partial charge in [0.15, 0.2) is 0 Å². The Hall–Kier alpha value is -0.130. The summed E-state index contributed by atoms with van der Waals surface area (Å²) in [6.45, 7) is 5.06. The Morgan fingerprint density at radius 3 is 2.88 bits per heavy atom. The van der Waals surface area contributed by atoms with Crippen molar-refractivity contribution in [2.45, 2.75) is 31.9 Å². The van der Waals surface area contributed by atoms with E-state index in [-0.39, 0.29) is 11.6 Å². The number of pyridine rings is 1. The van der Waals surface area contributed by atoms with E-state index in [9.17, 15) is 0 Å². The van der Waals surface area contributed by atoms with Crippen LogP contribution in [0, 0.1) is 0 Å². The molecule has 1 aliphatic heterocycles. The Morgan fingerprint density at radius 1 is 1.56 bits per heavy atom. The second-order valence-corrected chi connectivity index (χ2v) is 6.06. The van der Waals surface area contributed by atoms with Gasteiger partial charge < -0.3 is 10.1 Å². The van der Waals surface area contributed by atoms with Crippen LogP contribution in [0.5, 0.6) is 0 Å². The first kappa shape index (κ1) is 12.3. The lowest BCUT2D eigenvalue weighted by atomic mass is 9.95. The third-order valence-corrected chi connectivity index (χ3v) is 4.14. The molecule has 3 nitrogen and oxygen atoms in total. The number of nitrogens with one attached hydrogen (secondary N) is 1. The molecular weight excluding hydrogens is 336 g/mol. The first-order chi connectivity index (χ1) is 7.51. The number of hydrogen-bond acceptors (Lipinski definition) is 3. The predicted molar refractivity (Wildman–Crippen MR) is 71.7 cm³/mol. The molecule has 0 bridgehead atoms. The Kier molecular flexibility index (Phi) is 3.56. The fourth-order valence-electron chi connectivity index (χ4n) is 1.78. The summed E-state index contributed by atoms with van der Waals surface area (Å²) in [7, 11) is 0. The SMILES string of the molecule is CC1OCCC1(C)Nc1ncc(Br)cc1Br. The summed E-state index contributed by atoms with van der Waals surface area (Å²) in [5, 5.41) is 3.46. The van der Waals surface area contributed by atoms with Crippen molar-refractivity contribution in [1.29, 1.82) is 0 Å². The molecule has 1 saturated heterocycles. The molecule has 1 aliphatic rings. The lowest BCUT2D eigenvalue weighted by Gasteiger charge is -2.29. The van der Waals surface area contributed by atoms with Gasteiger partial charge in [-0.2, -0.15) is 0 Å². The van der Waals surface area contributed by atoms with E-state index in [0.717, 1.165) is 27.8 Å². The van der Waals surface area contributed by atoms with Crippen LogP contribution >= 0.6 is 31.9 Å². The molecule has 0 radical (unpaired) electrons. The highest BCUT2D eigenvalue weighted by atomic mass is 79.9.